The van der Waals surface area contributed by atoms with Crippen LogP contribution in [-0.2, 0) is 4.74 Å². The molecular weight excluding hydrogens is 230 g/mol. The van der Waals surface area contributed by atoms with Crippen molar-refractivity contribution in [2.45, 2.75) is 57.7 Å². The van der Waals surface area contributed by atoms with E-state index in [9.17, 15) is 13.6 Å². The monoisotopic (exact) mass is 250 g/mol. The Bertz CT molecular complexity index is 267. The van der Waals surface area contributed by atoms with Gasteiger partial charge in [0, 0.05) is 0 Å². The third-order valence-electron chi connectivity index (χ3n) is 2.48. The predicted molar refractivity (Wildman–Crippen MR) is 60.2 cm³/mol. The largest absolute Gasteiger partial charge is 0.444 e. The minimum absolute atomic E-state index is 0.543. The quantitative estimate of drug-likeness (QED) is 0.787. The molecule has 1 aliphatic rings. The van der Waals surface area contributed by atoms with E-state index in [1.165, 1.54) is 0 Å². The van der Waals surface area contributed by atoms with Crippen molar-refractivity contribution in [2.75, 3.05) is 6.54 Å². The highest BCUT2D eigenvalue weighted by molar-refractivity contribution is 5.68. The molecule has 0 spiro atoms. The molecule has 0 saturated carbocycles. The molecule has 1 rings (SSSR count). The number of hydrogen-bond acceptors (Lipinski definition) is 3. The van der Waals surface area contributed by atoms with Crippen molar-refractivity contribution in [3.63, 3.8) is 0 Å². The van der Waals surface area contributed by atoms with Gasteiger partial charge in [-0.3, -0.25) is 0 Å². The molecule has 0 aromatic rings. The summed E-state index contributed by atoms with van der Waals surface area (Å²) in [6, 6.07) is -1.56. The molecule has 0 unspecified atom stereocenters. The van der Waals surface area contributed by atoms with Crippen LogP contribution in [0.25, 0.3) is 0 Å². The minimum Gasteiger partial charge on any atom is -0.444 e. The third-order valence-corrected chi connectivity index (χ3v) is 2.48. The van der Waals surface area contributed by atoms with Crippen LogP contribution in [-0.4, -0.2) is 36.7 Å². The van der Waals surface area contributed by atoms with Crippen molar-refractivity contribution in [1.29, 1.82) is 0 Å². The Labute approximate surface area is 100 Å². The van der Waals surface area contributed by atoms with Crippen molar-refractivity contribution in [3.8, 4) is 0 Å². The van der Waals surface area contributed by atoms with E-state index in [0.29, 0.717) is 13.0 Å². The Morgan fingerprint density at radius 1 is 1.47 bits per heavy atom. The summed E-state index contributed by atoms with van der Waals surface area (Å²) < 4.78 is 30.5. The van der Waals surface area contributed by atoms with Crippen molar-refractivity contribution in [2.24, 2.45) is 0 Å². The van der Waals surface area contributed by atoms with Crippen LogP contribution >= 0.6 is 0 Å². The van der Waals surface area contributed by atoms with E-state index < -0.39 is 30.2 Å². The number of alkyl halides is 2. The van der Waals surface area contributed by atoms with Crippen LogP contribution in [0.5, 0.6) is 0 Å². The van der Waals surface area contributed by atoms with Crippen LogP contribution < -0.4 is 10.6 Å². The lowest BCUT2D eigenvalue weighted by Gasteiger charge is -2.33. The summed E-state index contributed by atoms with van der Waals surface area (Å²) in [6.07, 6.45) is -1.82. The Morgan fingerprint density at radius 2 is 2.12 bits per heavy atom. The minimum atomic E-state index is -2.49. The Morgan fingerprint density at radius 3 is 2.65 bits per heavy atom. The number of nitrogens with one attached hydrogen (secondary N) is 2. The summed E-state index contributed by atoms with van der Waals surface area (Å²) in [5.41, 5.74) is -0.619. The molecule has 0 aromatic carbocycles. The second-order valence-corrected chi connectivity index (χ2v) is 5.21. The van der Waals surface area contributed by atoms with Gasteiger partial charge in [0.15, 0.2) is 0 Å². The number of halogens is 2. The normalized spacial score (nSPS) is 25.8. The molecule has 0 aromatic heterocycles. The van der Waals surface area contributed by atoms with Crippen molar-refractivity contribution in [1.82, 2.24) is 10.6 Å². The lowest BCUT2D eigenvalue weighted by molar-refractivity contribution is 0.0364. The van der Waals surface area contributed by atoms with Crippen molar-refractivity contribution >= 4 is 6.09 Å². The van der Waals surface area contributed by atoms with Crippen LogP contribution in [0, 0.1) is 0 Å². The van der Waals surface area contributed by atoms with Crippen LogP contribution in [0.3, 0.4) is 0 Å². The smallest absolute Gasteiger partial charge is 0.407 e. The van der Waals surface area contributed by atoms with E-state index in [4.69, 9.17) is 4.74 Å². The molecule has 0 aliphatic carbocycles. The topological polar surface area (TPSA) is 50.4 Å². The summed E-state index contributed by atoms with van der Waals surface area (Å²) in [7, 11) is 0. The molecule has 2 atom stereocenters. The fourth-order valence-electron chi connectivity index (χ4n) is 1.80. The number of carbonyl (C=O) groups is 1. The first-order valence-corrected chi connectivity index (χ1v) is 5.80. The van der Waals surface area contributed by atoms with Gasteiger partial charge in [-0.2, -0.15) is 0 Å². The average Bonchev–Trinajstić information content (AvgIpc) is 2.14. The van der Waals surface area contributed by atoms with Gasteiger partial charge < -0.3 is 15.4 Å². The van der Waals surface area contributed by atoms with Gasteiger partial charge in [-0.1, -0.05) is 0 Å². The first-order valence-electron chi connectivity index (χ1n) is 5.80. The molecule has 100 valence electrons. The molecule has 1 saturated heterocycles. The highest BCUT2D eigenvalue weighted by atomic mass is 19.3. The summed E-state index contributed by atoms with van der Waals surface area (Å²) >= 11 is 0. The first kappa shape index (κ1) is 14.2. The zero-order valence-corrected chi connectivity index (χ0v) is 10.4. The molecule has 17 heavy (non-hydrogen) atoms. The average molecular weight is 250 g/mol. The Balaban J connectivity index is 2.50. The van der Waals surface area contributed by atoms with E-state index >= 15 is 0 Å². The fraction of sp³-hybridized carbons (Fsp3) is 0.909. The van der Waals surface area contributed by atoms with Crippen molar-refractivity contribution < 1.29 is 18.3 Å². The second kappa shape index (κ2) is 5.62. The van der Waals surface area contributed by atoms with E-state index in [0.717, 1.165) is 6.42 Å². The molecule has 1 amide bonds. The molecule has 0 radical (unpaired) electrons. The van der Waals surface area contributed by atoms with Crippen LogP contribution in [0.4, 0.5) is 13.6 Å². The van der Waals surface area contributed by atoms with Gasteiger partial charge >= 0.3 is 6.09 Å². The van der Waals surface area contributed by atoms with Gasteiger partial charge in [-0.15, -0.1) is 0 Å². The van der Waals surface area contributed by atoms with E-state index in [1.54, 1.807) is 20.8 Å². The summed E-state index contributed by atoms with van der Waals surface area (Å²) in [5.74, 6) is 0. The lowest BCUT2D eigenvalue weighted by Crippen LogP contribution is -2.57. The second-order valence-electron chi connectivity index (χ2n) is 5.21. The summed E-state index contributed by atoms with van der Waals surface area (Å²) in [6.45, 7) is 5.75. The van der Waals surface area contributed by atoms with Gasteiger partial charge in [0.25, 0.3) is 6.43 Å². The molecule has 1 heterocycles. The zero-order valence-electron chi connectivity index (χ0n) is 10.4. The molecule has 1 aliphatic heterocycles. The molecule has 0 bridgehead atoms. The zero-order chi connectivity index (χ0) is 13.1. The SMILES string of the molecule is CC(C)(C)OC(=O)N[C@@H]1CCCN[C@@H]1C(F)F. The predicted octanol–water partition coefficient (Wildman–Crippen LogP) is 1.90. The summed E-state index contributed by atoms with van der Waals surface area (Å²) in [5, 5.41) is 5.22. The van der Waals surface area contributed by atoms with Gasteiger partial charge in [0.05, 0.1) is 12.1 Å². The fourth-order valence-corrected chi connectivity index (χ4v) is 1.80. The first-order chi connectivity index (χ1) is 7.79. The van der Waals surface area contributed by atoms with Gasteiger partial charge in [0.1, 0.15) is 5.60 Å². The van der Waals surface area contributed by atoms with Gasteiger partial charge in [0.2, 0.25) is 0 Å². The van der Waals surface area contributed by atoms with Crippen LogP contribution in [0.15, 0.2) is 0 Å². The number of amides is 1. The van der Waals surface area contributed by atoms with Gasteiger partial charge in [-0.25, -0.2) is 13.6 Å². The molecular formula is C11H20F2N2O2. The molecule has 1 fully saturated rings. The number of hydrogen-bond donors (Lipinski definition) is 2. The number of alkyl carbamates (subject to hydrolysis) is 1. The number of ether oxygens (including phenoxy) is 1. The number of carbonyl (C=O) groups excluding carboxylic acids is 1. The molecule has 6 heteroatoms. The van der Waals surface area contributed by atoms with Crippen LogP contribution in [0.1, 0.15) is 33.6 Å². The highest BCUT2D eigenvalue weighted by Gasteiger charge is 2.33. The van der Waals surface area contributed by atoms with E-state index in [2.05, 4.69) is 10.6 Å². The maximum Gasteiger partial charge on any atom is 0.407 e. The summed E-state index contributed by atoms with van der Waals surface area (Å²) in [4.78, 5) is 11.5. The van der Waals surface area contributed by atoms with Crippen molar-refractivity contribution in [3.05, 3.63) is 0 Å². The molecule has 4 nitrogen and oxygen atoms in total. The highest BCUT2D eigenvalue weighted by Crippen LogP contribution is 2.16. The maximum absolute atomic E-state index is 12.7. The maximum atomic E-state index is 12.7. The lowest BCUT2D eigenvalue weighted by atomic mass is 9.99. The third kappa shape index (κ3) is 4.85. The van der Waals surface area contributed by atoms with E-state index in [-0.39, 0.29) is 0 Å². The Kier molecular flexibility index (Phi) is 4.68. The number of piperidine rings is 1. The van der Waals surface area contributed by atoms with Crippen LogP contribution in [0.2, 0.25) is 0 Å². The standard InChI is InChI=1S/C11H20F2N2O2/c1-11(2,3)17-10(16)15-7-5-4-6-14-8(7)9(12)13/h7-9,14H,4-6H2,1-3H3,(H,15,16)/t7-,8+/m1/s1. The Hall–Kier alpha value is -0.910. The number of rotatable bonds is 2. The van der Waals surface area contributed by atoms with E-state index in [1.807, 2.05) is 0 Å². The van der Waals surface area contributed by atoms with Gasteiger partial charge in [-0.05, 0) is 40.2 Å². The molecule has 2 N–H and O–H groups in total.